The first-order valence-corrected chi connectivity index (χ1v) is 7.07. The van der Waals surface area contributed by atoms with Crippen LogP contribution in [-0.4, -0.2) is 12.1 Å². The van der Waals surface area contributed by atoms with Crippen LogP contribution in [0.5, 0.6) is 0 Å². The third kappa shape index (κ3) is 2.80. The third-order valence-corrected chi connectivity index (χ3v) is 4.06. The van der Waals surface area contributed by atoms with Gasteiger partial charge in [-0.3, -0.25) is 0 Å². The number of anilines is 2. The largest absolute Gasteiger partial charge is 0.398 e. The zero-order chi connectivity index (χ0) is 13.9. The molecule has 0 amide bonds. The van der Waals surface area contributed by atoms with Gasteiger partial charge in [0, 0.05) is 23.5 Å². The maximum Gasteiger partial charge on any atom is 0.0451 e. The first-order valence-electron chi connectivity index (χ1n) is 7.07. The van der Waals surface area contributed by atoms with Gasteiger partial charge in [0.2, 0.25) is 0 Å². The highest BCUT2D eigenvalue weighted by atomic mass is 15.2. The highest BCUT2D eigenvalue weighted by molar-refractivity contribution is 5.68. The summed E-state index contributed by atoms with van der Waals surface area (Å²) >= 11 is 0. The van der Waals surface area contributed by atoms with Crippen LogP contribution in [-0.2, 0) is 0 Å². The second kappa shape index (κ2) is 6.12. The summed E-state index contributed by atoms with van der Waals surface area (Å²) in [6.45, 7) is 13.4. The third-order valence-electron chi connectivity index (χ3n) is 4.06. The molecule has 0 saturated carbocycles. The molecule has 0 aromatic heterocycles. The molecule has 1 aromatic carbocycles. The highest BCUT2D eigenvalue weighted by Crippen LogP contribution is 2.33. The SMILES string of the molecule is CCC(C)N(c1c(C)ccc(N)c1C)C(C)CC. The van der Waals surface area contributed by atoms with E-state index in [-0.39, 0.29) is 0 Å². The van der Waals surface area contributed by atoms with Gasteiger partial charge in [0.25, 0.3) is 0 Å². The molecule has 0 heterocycles. The maximum atomic E-state index is 6.08. The van der Waals surface area contributed by atoms with Gasteiger partial charge in [-0.05, 0) is 57.7 Å². The number of nitrogens with two attached hydrogens (primary N) is 1. The van der Waals surface area contributed by atoms with Crippen molar-refractivity contribution >= 4 is 11.4 Å². The Labute approximate surface area is 112 Å². The van der Waals surface area contributed by atoms with Gasteiger partial charge in [-0.25, -0.2) is 0 Å². The van der Waals surface area contributed by atoms with Gasteiger partial charge >= 0.3 is 0 Å². The van der Waals surface area contributed by atoms with Crippen LogP contribution < -0.4 is 10.6 Å². The van der Waals surface area contributed by atoms with Gasteiger partial charge in [0.1, 0.15) is 0 Å². The molecule has 0 fully saturated rings. The number of benzene rings is 1. The Balaban J connectivity index is 3.33. The van der Waals surface area contributed by atoms with Crippen LogP contribution in [0.4, 0.5) is 11.4 Å². The lowest BCUT2D eigenvalue weighted by molar-refractivity contribution is 0.525. The molecule has 1 aromatic rings. The number of hydrogen-bond donors (Lipinski definition) is 1. The van der Waals surface area contributed by atoms with Crippen LogP contribution in [0.15, 0.2) is 12.1 Å². The molecule has 1 rings (SSSR count). The molecule has 0 radical (unpaired) electrons. The summed E-state index contributed by atoms with van der Waals surface area (Å²) in [6.07, 6.45) is 2.30. The van der Waals surface area contributed by atoms with E-state index in [1.54, 1.807) is 0 Å². The average Bonchev–Trinajstić information content (AvgIpc) is 2.37. The summed E-state index contributed by atoms with van der Waals surface area (Å²) in [7, 11) is 0. The van der Waals surface area contributed by atoms with Crippen molar-refractivity contribution in [3.8, 4) is 0 Å². The smallest absolute Gasteiger partial charge is 0.0451 e. The van der Waals surface area contributed by atoms with E-state index >= 15 is 0 Å². The molecule has 0 aliphatic rings. The Bertz CT molecular complexity index is 388. The van der Waals surface area contributed by atoms with E-state index in [1.165, 1.54) is 16.8 Å². The van der Waals surface area contributed by atoms with Crippen molar-refractivity contribution in [3.05, 3.63) is 23.3 Å². The molecule has 0 spiro atoms. The van der Waals surface area contributed by atoms with E-state index < -0.39 is 0 Å². The molecule has 0 saturated heterocycles. The minimum absolute atomic E-state index is 0.541. The summed E-state index contributed by atoms with van der Waals surface area (Å²) in [5.74, 6) is 0. The predicted molar refractivity (Wildman–Crippen MR) is 82.3 cm³/mol. The van der Waals surface area contributed by atoms with Crippen molar-refractivity contribution in [1.82, 2.24) is 0 Å². The van der Waals surface area contributed by atoms with Crippen molar-refractivity contribution in [2.45, 2.75) is 66.5 Å². The Kier molecular flexibility index (Phi) is 5.06. The van der Waals surface area contributed by atoms with Gasteiger partial charge in [-0.2, -0.15) is 0 Å². The summed E-state index contributed by atoms with van der Waals surface area (Å²) in [4.78, 5) is 2.54. The Morgan fingerprint density at radius 2 is 1.56 bits per heavy atom. The fourth-order valence-corrected chi connectivity index (χ4v) is 2.52. The van der Waals surface area contributed by atoms with Crippen LogP contribution in [0.2, 0.25) is 0 Å². The Morgan fingerprint density at radius 3 is 2.00 bits per heavy atom. The quantitative estimate of drug-likeness (QED) is 0.788. The zero-order valence-corrected chi connectivity index (χ0v) is 12.7. The molecule has 2 heteroatoms. The van der Waals surface area contributed by atoms with E-state index in [0.717, 1.165) is 18.5 Å². The molecular formula is C16H28N2. The molecule has 2 unspecified atom stereocenters. The van der Waals surface area contributed by atoms with Crippen LogP contribution in [0.3, 0.4) is 0 Å². The van der Waals surface area contributed by atoms with Crippen molar-refractivity contribution in [2.75, 3.05) is 10.6 Å². The molecule has 0 aliphatic heterocycles. The summed E-state index contributed by atoms with van der Waals surface area (Å²) < 4.78 is 0. The van der Waals surface area contributed by atoms with Gasteiger partial charge in [-0.1, -0.05) is 19.9 Å². The minimum atomic E-state index is 0.541. The zero-order valence-electron chi connectivity index (χ0n) is 12.7. The van der Waals surface area contributed by atoms with E-state index in [4.69, 9.17) is 5.73 Å². The van der Waals surface area contributed by atoms with Crippen LogP contribution in [0.25, 0.3) is 0 Å². The number of nitrogen functional groups attached to an aromatic ring is 1. The fourth-order valence-electron chi connectivity index (χ4n) is 2.52. The molecule has 2 nitrogen and oxygen atoms in total. The topological polar surface area (TPSA) is 29.3 Å². The number of hydrogen-bond acceptors (Lipinski definition) is 2. The lowest BCUT2D eigenvalue weighted by atomic mass is 10.0. The molecule has 18 heavy (non-hydrogen) atoms. The second-order valence-corrected chi connectivity index (χ2v) is 5.37. The summed E-state index contributed by atoms with van der Waals surface area (Å²) in [5, 5.41) is 0. The molecule has 102 valence electrons. The van der Waals surface area contributed by atoms with Crippen molar-refractivity contribution in [2.24, 2.45) is 0 Å². The van der Waals surface area contributed by atoms with Gasteiger partial charge in [-0.15, -0.1) is 0 Å². The maximum absolute atomic E-state index is 6.08. The van der Waals surface area contributed by atoms with E-state index in [9.17, 15) is 0 Å². The fraction of sp³-hybridized carbons (Fsp3) is 0.625. The minimum Gasteiger partial charge on any atom is -0.398 e. The molecule has 2 N–H and O–H groups in total. The lowest BCUT2D eigenvalue weighted by Gasteiger charge is -2.38. The van der Waals surface area contributed by atoms with Crippen molar-refractivity contribution in [1.29, 1.82) is 0 Å². The summed E-state index contributed by atoms with van der Waals surface area (Å²) in [5.41, 5.74) is 10.9. The van der Waals surface area contributed by atoms with Crippen molar-refractivity contribution in [3.63, 3.8) is 0 Å². The molecule has 2 atom stereocenters. The monoisotopic (exact) mass is 248 g/mol. The second-order valence-electron chi connectivity index (χ2n) is 5.37. The van der Waals surface area contributed by atoms with Gasteiger partial charge < -0.3 is 10.6 Å². The van der Waals surface area contributed by atoms with E-state index in [2.05, 4.69) is 52.5 Å². The standard InChI is InChI=1S/C16H28N2/c1-7-12(4)18(13(5)8-2)16-11(3)9-10-15(17)14(16)6/h9-10,12-13H,7-8,17H2,1-6H3. The number of rotatable bonds is 5. The molecule has 0 aliphatic carbocycles. The first kappa shape index (κ1) is 14.9. The first-order chi connectivity index (χ1) is 8.43. The molecule has 0 bridgehead atoms. The summed E-state index contributed by atoms with van der Waals surface area (Å²) in [6, 6.07) is 5.23. The highest BCUT2D eigenvalue weighted by Gasteiger charge is 2.22. The van der Waals surface area contributed by atoms with Crippen molar-refractivity contribution < 1.29 is 0 Å². The number of aryl methyl sites for hydroxylation is 1. The van der Waals surface area contributed by atoms with Gasteiger partial charge in [0.05, 0.1) is 0 Å². The van der Waals surface area contributed by atoms with Crippen LogP contribution in [0.1, 0.15) is 51.7 Å². The normalized spacial score (nSPS) is 14.3. The number of nitrogens with zero attached hydrogens (tertiary/aromatic N) is 1. The lowest BCUT2D eigenvalue weighted by Crippen LogP contribution is -2.40. The van der Waals surface area contributed by atoms with E-state index in [0.29, 0.717) is 12.1 Å². The van der Waals surface area contributed by atoms with E-state index in [1.807, 2.05) is 6.07 Å². The average molecular weight is 248 g/mol. The Hall–Kier alpha value is -1.18. The molecular weight excluding hydrogens is 220 g/mol. The predicted octanol–water partition coefficient (Wildman–Crippen LogP) is 4.29. The van der Waals surface area contributed by atoms with Gasteiger partial charge in [0.15, 0.2) is 0 Å². The Morgan fingerprint density at radius 1 is 1.06 bits per heavy atom. The van der Waals surface area contributed by atoms with Crippen LogP contribution >= 0.6 is 0 Å². The van der Waals surface area contributed by atoms with Crippen LogP contribution in [0, 0.1) is 13.8 Å².